The van der Waals surface area contributed by atoms with Crippen molar-refractivity contribution in [1.29, 1.82) is 0 Å². The van der Waals surface area contributed by atoms with E-state index in [1.807, 2.05) is 55.5 Å². The number of benzene rings is 2. The van der Waals surface area contributed by atoms with Crippen molar-refractivity contribution in [2.24, 2.45) is 0 Å². The number of thiocarbonyl (C=S) groups is 1. The Balaban J connectivity index is 1.43. The maximum absolute atomic E-state index is 5.98. The lowest BCUT2D eigenvalue weighted by Crippen LogP contribution is -2.27. The lowest BCUT2D eigenvalue weighted by atomic mass is 10.2. The Kier molecular flexibility index (Phi) is 6.72. The molecule has 0 saturated heterocycles. The lowest BCUT2D eigenvalue weighted by molar-refractivity contribution is 0.210. The Hall–Kier alpha value is -2.27. The molecule has 1 aliphatic rings. The Morgan fingerprint density at radius 2 is 1.65 bits per heavy atom. The topological polar surface area (TPSA) is 42.5 Å². The zero-order chi connectivity index (χ0) is 18.2. The van der Waals surface area contributed by atoms with E-state index in [1.54, 1.807) is 0 Å². The van der Waals surface area contributed by atoms with Crippen molar-refractivity contribution in [2.45, 2.75) is 45.3 Å². The molecule has 2 aromatic carbocycles. The average molecular weight is 371 g/mol. The molecule has 0 radical (unpaired) electrons. The van der Waals surface area contributed by atoms with Crippen LogP contribution in [0.2, 0.25) is 0 Å². The van der Waals surface area contributed by atoms with Gasteiger partial charge in [0.15, 0.2) is 5.11 Å². The monoisotopic (exact) mass is 370 g/mol. The van der Waals surface area contributed by atoms with E-state index in [2.05, 4.69) is 10.6 Å². The van der Waals surface area contributed by atoms with Crippen LogP contribution in [0.15, 0.2) is 48.5 Å². The molecule has 5 heteroatoms. The van der Waals surface area contributed by atoms with E-state index in [1.165, 1.54) is 25.7 Å². The maximum atomic E-state index is 5.98. The first kappa shape index (κ1) is 18.5. The van der Waals surface area contributed by atoms with Crippen molar-refractivity contribution >= 4 is 23.0 Å². The number of hydrogen-bond acceptors (Lipinski definition) is 3. The van der Waals surface area contributed by atoms with Gasteiger partial charge < -0.3 is 20.1 Å². The molecule has 0 aromatic heterocycles. The van der Waals surface area contributed by atoms with Crippen LogP contribution in [0, 0.1) is 0 Å². The normalized spacial score (nSPS) is 14.0. The molecule has 1 fully saturated rings. The molecular weight excluding hydrogens is 344 g/mol. The van der Waals surface area contributed by atoms with Gasteiger partial charge in [0.25, 0.3) is 0 Å². The molecule has 0 atom stereocenters. The fraction of sp³-hybridized carbons (Fsp3) is 0.381. The van der Waals surface area contributed by atoms with E-state index in [0.717, 1.165) is 22.7 Å². The summed E-state index contributed by atoms with van der Waals surface area (Å²) in [7, 11) is 0. The Morgan fingerprint density at radius 3 is 2.31 bits per heavy atom. The number of hydrogen-bond donors (Lipinski definition) is 2. The molecule has 138 valence electrons. The molecule has 0 spiro atoms. The summed E-state index contributed by atoms with van der Waals surface area (Å²) in [5.41, 5.74) is 2.10. The van der Waals surface area contributed by atoms with Crippen LogP contribution in [-0.4, -0.2) is 17.8 Å². The third-order valence-electron chi connectivity index (χ3n) is 4.40. The van der Waals surface area contributed by atoms with Gasteiger partial charge in [0.05, 0.1) is 12.7 Å². The molecule has 0 heterocycles. The zero-order valence-electron chi connectivity index (χ0n) is 15.2. The standard InChI is InChI=1S/C21H26N2O2S/c1-2-24-18-11-7-16(8-12-18)15-22-21(26)23-17-9-13-20(14-10-17)25-19-5-3-4-6-19/h7-14,19H,2-6,15H2,1H3,(H2,22,23,26). The summed E-state index contributed by atoms with van der Waals surface area (Å²) >= 11 is 5.37. The highest BCUT2D eigenvalue weighted by molar-refractivity contribution is 7.80. The van der Waals surface area contributed by atoms with Crippen molar-refractivity contribution in [3.05, 3.63) is 54.1 Å². The molecule has 1 aliphatic carbocycles. The summed E-state index contributed by atoms with van der Waals surface area (Å²) in [6, 6.07) is 16.0. The van der Waals surface area contributed by atoms with Gasteiger partial charge in [-0.2, -0.15) is 0 Å². The van der Waals surface area contributed by atoms with Gasteiger partial charge in [-0.3, -0.25) is 0 Å². The summed E-state index contributed by atoms with van der Waals surface area (Å²) in [5.74, 6) is 1.81. The molecule has 2 aromatic rings. The van der Waals surface area contributed by atoms with Crippen LogP contribution in [0.1, 0.15) is 38.2 Å². The van der Waals surface area contributed by atoms with E-state index < -0.39 is 0 Å². The highest BCUT2D eigenvalue weighted by Gasteiger charge is 2.16. The Bertz CT molecular complexity index is 695. The summed E-state index contributed by atoms with van der Waals surface area (Å²) in [6.07, 6.45) is 5.27. The van der Waals surface area contributed by atoms with E-state index in [9.17, 15) is 0 Å². The van der Waals surface area contributed by atoms with Crippen molar-refractivity contribution < 1.29 is 9.47 Å². The van der Waals surface area contributed by atoms with E-state index in [4.69, 9.17) is 21.7 Å². The lowest BCUT2D eigenvalue weighted by Gasteiger charge is -2.14. The van der Waals surface area contributed by atoms with Crippen LogP contribution < -0.4 is 20.1 Å². The highest BCUT2D eigenvalue weighted by Crippen LogP contribution is 2.25. The highest BCUT2D eigenvalue weighted by atomic mass is 32.1. The zero-order valence-corrected chi connectivity index (χ0v) is 16.0. The predicted molar refractivity (Wildman–Crippen MR) is 110 cm³/mol. The van der Waals surface area contributed by atoms with Crippen molar-refractivity contribution in [3.63, 3.8) is 0 Å². The first-order valence-electron chi connectivity index (χ1n) is 9.26. The molecule has 0 aliphatic heterocycles. The molecule has 0 unspecified atom stereocenters. The number of rotatable bonds is 7. The van der Waals surface area contributed by atoms with Crippen LogP contribution >= 0.6 is 12.2 Å². The molecule has 0 amide bonds. The van der Waals surface area contributed by atoms with Crippen LogP contribution in [0.3, 0.4) is 0 Å². The summed E-state index contributed by atoms with van der Waals surface area (Å²) < 4.78 is 11.4. The molecule has 4 nitrogen and oxygen atoms in total. The van der Waals surface area contributed by atoms with Gasteiger partial charge in [-0.1, -0.05) is 12.1 Å². The van der Waals surface area contributed by atoms with Crippen molar-refractivity contribution in [2.75, 3.05) is 11.9 Å². The van der Waals surface area contributed by atoms with Gasteiger partial charge in [-0.15, -0.1) is 0 Å². The molecule has 0 bridgehead atoms. The summed E-state index contributed by atoms with van der Waals surface area (Å²) in [6.45, 7) is 3.32. The Morgan fingerprint density at radius 1 is 1.00 bits per heavy atom. The van der Waals surface area contributed by atoms with Gasteiger partial charge in [0.1, 0.15) is 11.5 Å². The minimum Gasteiger partial charge on any atom is -0.494 e. The minimum atomic E-state index is 0.380. The minimum absolute atomic E-state index is 0.380. The van der Waals surface area contributed by atoms with Gasteiger partial charge in [0, 0.05) is 12.2 Å². The second-order valence-corrected chi connectivity index (χ2v) is 6.84. The van der Waals surface area contributed by atoms with Gasteiger partial charge >= 0.3 is 0 Å². The summed E-state index contributed by atoms with van der Waals surface area (Å²) in [5, 5.41) is 7.03. The van der Waals surface area contributed by atoms with Crippen LogP contribution in [0.25, 0.3) is 0 Å². The molecule has 1 saturated carbocycles. The SMILES string of the molecule is CCOc1ccc(CNC(=S)Nc2ccc(OC3CCCC3)cc2)cc1. The second-order valence-electron chi connectivity index (χ2n) is 6.43. The molecule has 26 heavy (non-hydrogen) atoms. The largest absolute Gasteiger partial charge is 0.494 e. The first-order chi connectivity index (χ1) is 12.7. The Labute approximate surface area is 160 Å². The van der Waals surface area contributed by atoms with Gasteiger partial charge in [-0.25, -0.2) is 0 Å². The van der Waals surface area contributed by atoms with Crippen LogP contribution in [0.5, 0.6) is 11.5 Å². The third-order valence-corrected chi connectivity index (χ3v) is 4.65. The molecule has 3 rings (SSSR count). The first-order valence-corrected chi connectivity index (χ1v) is 9.67. The number of ether oxygens (including phenoxy) is 2. The quantitative estimate of drug-likeness (QED) is 0.679. The van der Waals surface area contributed by atoms with Crippen LogP contribution in [-0.2, 0) is 6.54 Å². The van der Waals surface area contributed by atoms with E-state index in [-0.39, 0.29) is 0 Å². The van der Waals surface area contributed by atoms with Crippen molar-refractivity contribution in [3.8, 4) is 11.5 Å². The third kappa shape index (κ3) is 5.63. The van der Waals surface area contributed by atoms with Gasteiger partial charge in [-0.05, 0) is 86.8 Å². The van der Waals surface area contributed by atoms with E-state index >= 15 is 0 Å². The van der Waals surface area contributed by atoms with E-state index in [0.29, 0.717) is 24.4 Å². The molecular formula is C21H26N2O2S. The second kappa shape index (κ2) is 9.43. The fourth-order valence-electron chi connectivity index (χ4n) is 3.04. The van der Waals surface area contributed by atoms with Crippen LogP contribution in [0.4, 0.5) is 5.69 Å². The number of nitrogens with one attached hydrogen (secondary N) is 2. The molecule has 2 N–H and O–H groups in total. The predicted octanol–water partition coefficient (Wildman–Crippen LogP) is 4.89. The summed E-state index contributed by atoms with van der Waals surface area (Å²) in [4.78, 5) is 0. The maximum Gasteiger partial charge on any atom is 0.171 e. The fourth-order valence-corrected chi connectivity index (χ4v) is 3.23. The van der Waals surface area contributed by atoms with Crippen molar-refractivity contribution in [1.82, 2.24) is 5.32 Å². The smallest absolute Gasteiger partial charge is 0.171 e. The average Bonchev–Trinajstić information content (AvgIpc) is 3.16. The van der Waals surface area contributed by atoms with Gasteiger partial charge in [0.2, 0.25) is 0 Å². The number of anilines is 1.